The van der Waals surface area contributed by atoms with Crippen LogP contribution in [0.4, 0.5) is 13.2 Å². The fourth-order valence-corrected chi connectivity index (χ4v) is 3.22. The minimum atomic E-state index is -4.44. The van der Waals surface area contributed by atoms with Crippen molar-refractivity contribution in [2.45, 2.75) is 38.9 Å². The minimum absolute atomic E-state index is 0.0917. The molecule has 3 aromatic rings. The third-order valence-corrected chi connectivity index (χ3v) is 5.04. The molecule has 5 nitrogen and oxygen atoms in total. The average Bonchev–Trinajstić information content (AvgIpc) is 2.72. The summed E-state index contributed by atoms with van der Waals surface area (Å²) in [5, 5.41) is 7.76. The molecule has 0 bridgehead atoms. The van der Waals surface area contributed by atoms with Gasteiger partial charge in [0.2, 0.25) is 0 Å². The second-order valence-electron chi connectivity index (χ2n) is 7.66. The Morgan fingerprint density at radius 1 is 1.03 bits per heavy atom. The van der Waals surface area contributed by atoms with Crippen molar-refractivity contribution in [2.24, 2.45) is 0 Å². The fourth-order valence-electron chi connectivity index (χ4n) is 3.22. The molecule has 0 fully saturated rings. The Kier molecular flexibility index (Phi) is 5.70. The van der Waals surface area contributed by atoms with Crippen LogP contribution < -0.4 is 10.9 Å². The summed E-state index contributed by atoms with van der Waals surface area (Å²) < 4.78 is 40.3. The van der Waals surface area contributed by atoms with Gasteiger partial charge in [-0.15, -0.1) is 0 Å². The van der Waals surface area contributed by atoms with E-state index >= 15 is 0 Å². The number of aryl methyl sites for hydroxylation is 1. The smallest absolute Gasteiger partial charge is 0.350 e. The molecule has 1 N–H and O–H groups in total. The number of carbonyl (C=O) groups is 1. The first-order valence-corrected chi connectivity index (χ1v) is 9.50. The van der Waals surface area contributed by atoms with E-state index in [0.717, 1.165) is 12.1 Å². The van der Waals surface area contributed by atoms with Gasteiger partial charge in [-0.1, -0.05) is 50.2 Å². The van der Waals surface area contributed by atoms with E-state index in [1.807, 2.05) is 0 Å². The Morgan fingerprint density at radius 2 is 1.67 bits per heavy atom. The van der Waals surface area contributed by atoms with Crippen molar-refractivity contribution in [3.8, 4) is 0 Å². The summed E-state index contributed by atoms with van der Waals surface area (Å²) >= 11 is 0. The van der Waals surface area contributed by atoms with Gasteiger partial charge in [-0.3, -0.25) is 9.59 Å². The molecule has 0 saturated heterocycles. The van der Waals surface area contributed by atoms with Crippen LogP contribution in [-0.4, -0.2) is 22.2 Å². The van der Waals surface area contributed by atoms with E-state index in [9.17, 15) is 22.8 Å². The third-order valence-electron chi connectivity index (χ3n) is 5.04. The predicted molar refractivity (Wildman–Crippen MR) is 108 cm³/mol. The lowest BCUT2D eigenvalue weighted by Crippen LogP contribution is -2.38. The van der Waals surface area contributed by atoms with Crippen LogP contribution in [0.2, 0.25) is 0 Å². The number of hydrogen-bond acceptors (Lipinski definition) is 3. The van der Waals surface area contributed by atoms with Crippen LogP contribution in [-0.2, 0) is 18.1 Å². The maximum absolute atomic E-state index is 13.0. The first-order chi connectivity index (χ1) is 14.0. The van der Waals surface area contributed by atoms with E-state index in [4.69, 9.17) is 0 Å². The number of hydrogen-bond donors (Lipinski definition) is 1. The summed E-state index contributed by atoms with van der Waals surface area (Å²) in [5.41, 5.74) is -1.22. The maximum Gasteiger partial charge on any atom is 0.416 e. The highest BCUT2D eigenvalue weighted by Gasteiger charge is 2.32. The number of fused-ring (bicyclic) bond motifs is 1. The molecule has 1 amide bonds. The van der Waals surface area contributed by atoms with E-state index in [2.05, 4.69) is 10.4 Å². The van der Waals surface area contributed by atoms with Crippen molar-refractivity contribution in [1.82, 2.24) is 15.1 Å². The van der Waals surface area contributed by atoms with Gasteiger partial charge in [0.15, 0.2) is 5.69 Å². The number of carbonyl (C=O) groups excluding carboxylic acids is 1. The zero-order valence-corrected chi connectivity index (χ0v) is 16.9. The highest BCUT2D eigenvalue weighted by atomic mass is 19.4. The standard InChI is InChI=1S/C22H22F3N3O2/c1-4-28-20(30)17-11-6-5-10-16(17)18(27-28)19(29)26-13-21(2,3)14-8-7-9-15(12-14)22(23,24)25/h5-12H,4,13H2,1-3H3,(H,26,29). The quantitative estimate of drug-likeness (QED) is 0.679. The molecule has 8 heteroatoms. The third kappa shape index (κ3) is 4.22. The normalized spacial score (nSPS) is 12.2. The monoisotopic (exact) mass is 417 g/mol. The van der Waals surface area contributed by atoms with Crippen LogP contribution in [0, 0.1) is 0 Å². The largest absolute Gasteiger partial charge is 0.416 e. The van der Waals surface area contributed by atoms with Crippen molar-refractivity contribution in [2.75, 3.05) is 6.54 Å². The Balaban J connectivity index is 1.89. The van der Waals surface area contributed by atoms with Gasteiger partial charge in [0.25, 0.3) is 11.5 Å². The van der Waals surface area contributed by atoms with E-state index in [1.54, 1.807) is 51.1 Å². The van der Waals surface area contributed by atoms with Gasteiger partial charge in [-0.25, -0.2) is 4.68 Å². The lowest BCUT2D eigenvalue weighted by Gasteiger charge is -2.26. The van der Waals surface area contributed by atoms with Crippen molar-refractivity contribution < 1.29 is 18.0 Å². The molecular formula is C22H22F3N3O2. The van der Waals surface area contributed by atoms with Crippen molar-refractivity contribution >= 4 is 16.7 Å². The second-order valence-corrected chi connectivity index (χ2v) is 7.66. The summed E-state index contributed by atoms with van der Waals surface area (Å²) in [6, 6.07) is 11.8. The molecule has 158 valence electrons. The SMILES string of the molecule is CCn1nc(C(=O)NCC(C)(C)c2cccc(C(F)(F)F)c2)c2ccccc2c1=O. The number of rotatable bonds is 5. The van der Waals surface area contributed by atoms with Crippen molar-refractivity contribution in [3.63, 3.8) is 0 Å². The van der Waals surface area contributed by atoms with Gasteiger partial charge >= 0.3 is 6.18 Å². The lowest BCUT2D eigenvalue weighted by molar-refractivity contribution is -0.137. The van der Waals surface area contributed by atoms with E-state index in [0.29, 0.717) is 22.9 Å². The van der Waals surface area contributed by atoms with Crippen molar-refractivity contribution in [1.29, 1.82) is 0 Å². The molecule has 0 aliphatic rings. The Labute approximate surface area is 171 Å². The summed E-state index contributed by atoms with van der Waals surface area (Å²) in [6.07, 6.45) is -4.44. The molecule has 0 saturated carbocycles. The summed E-state index contributed by atoms with van der Waals surface area (Å²) in [5.74, 6) is -0.492. The van der Waals surface area contributed by atoms with E-state index in [-0.39, 0.29) is 17.8 Å². The summed E-state index contributed by atoms with van der Waals surface area (Å²) in [6.45, 7) is 5.65. The van der Waals surface area contributed by atoms with Crippen LogP contribution >= 0.6 is 0 Å². The van der Waals surface area contributed by atoms with Crippen LogP contribution in [0.15, 0.2) is 53.3 Å². The average molecular weight is 417 g/mol. The first-order valence-electron chi connectivity index (χ1n) is 9.50. The van der Waals surface area contributed by atoms with Gasteiger partial charge in [-0.05, 0) is 24.6 Å². The predicted octanol–water partition coefficient (Wildman–Crippen LogP) is 4.14. The number of aromatic nitrogens is 2. The van der Waals surface area contributed by atoms with Gasteiger partial charge in [0.1, 0.15) is 0 Å². The Hall–Kier alpha value is -3.16. The number of benzene rings is 2. The molecule has 0 aliphatic carbocycles. The molecular weight excluding hydrogens is 395 g/mol. The van der Waals surface area contributed by atoms with E-state index in [1.165, 1.54) is 10.7 Å². The van der Waals surface area contributed by atoms with Gasteiger partial charge in [-0.2, -0.15) is 18.3 Å². The molecule has 0 atom stereocenters. The number of nitrogens with zero attached hydrogens (tertiary/aromatic N) is 2. The van der Waals surface area contributed by atoms with Crippen LogP contribution in [0.25, 0.3) is 10.8 Å². The van der Waals surface area contributed by atoms with Crippen LogP contribution in [0.5, 0.6) is 0 Å². The van der Waals surface area contributed by atoms with Gasteiger partial charge < -0.3 is 5.32 Å². The minimum Gasteiger partial charge on any atom is -0.350 e. The number of amides is 1. The van der Waals surface area contributed by atoms with Crippen LogP contribution in [0.3, 0.4) is 0 Å². The first kappa shape index (κ1) is 21.5. The number of halogens is 3. The molecule has 1 heterocycles. The van der Waals surface area contributed by atoms with E-state index < -0.39 is 23.1 Å². The molecule has 0 aliphatic heterocycles. The molecule has 30 heavy (non-hydrogen) atoms. The Morgan fingerprint density at radius 3 is 2.30 bits per heavy atom. The maximum atomic E-state index is 13.0. The Bertz CT molecular complexity index is 1150. The molecule has 1 aromatic heterocycles. The highest BCUT2D eigenvalue weighted by Crippen LogP contribution is 2.32. The van der Waals surface area contributed by atoms with Gasteiger partial charge in [0.05, 0.1) is 10.9 Å². The topological polar surface area (TPSA) is 64.0 Å². The van der Waals surface area contributed by atoms with Crippen LogP contribution in [0.1, 0.15) is 42.4 Å². The molecule has 2 aromatic carbocycles. The molecule has 3 rings (SSSR count). The lowest BCUT2D eigenvalue weighted by atomic mass is 9.83. The molecule has 0 spiro atoms. The second kappa shape index (κ2) is 7.93. The summed E-state index contributed by atoms with van der Waals surface area (Å²) in [4.78, 5) is 25.3. The fraction of sp³-hybridized carbons (Fsp3) is 0.318. The number of nitrogens with one attached hydrogen (secondary N) is 1. The van der Waals surface area contributed by atoms with Gasteiger partial charge in [0, 0.05) is 23.9 Å². The molecule has 0 radical (unpaired) electrons. The summed E-state index contributed by atoms with van der Waals surface area (Å²) in [7, 11) is 0. The zero-order valence-electron chi connectivity index (χ0n) is 16.9. The highest BCUT2D eigenvalue weighted by molar-refractivity contribution is 6.04. The number of alkyl halides is 3. The zero-order chi connectivity index (χ0) is 22.1. The van der Waals surface area contributed by atoms with Crippen molar-refractivity contribution in [3.05, 3.63) is 75.7 Å². The molecule has 0 unspecified atom stereocenters.